The van der Waals surface area contributed by atoms with Crippen molar-refractivity contribution in [2.75, 3.05) is 0 Å². The van der Waals surface area contributed by atoms with Crippen molar-refractivity contribution in [1.29, 1.82) is 0 Å². The van der Waals surface area contributed by atoms with Crippen LogP contribution in [0.4, 0.5) is 0 Å². The smallest absolute Gasteiger partial charge is 0.319 e. The summed E-state index contributed by atoms with van der Waals surface area (Å²) < 4.78 is 3.17. The maximum Gasteiger partial charge on any atom is 0.339 e. The molecule has 0 aliphatic heterocycles. The van der Waals surface area contributed by atoms with Crippen molar-refractivity contribution < 1.29 is 0 Å². The first-order valence-electron chi connectivity index (χ1n) is 6.64. The van der Waals surface area contributed by atoms with Crippen LogP contribution in [-0.2, 0) is 5.54 Å². The Bertz CT molecular complexity index is 843. The molecule has 0 bridgehead atoms. The van der Waals surface area contributed by atoms with Gasteiger partial charge in [-0.15, -0.1) is 0 Å². The monoisotopic (exact) mass is 266 g/mol. The van der Waals surface area contributed by atoms with E-state index in [1.54, 1.807) is 15.2 Å². The lowest BCUT2D eigenvalue weighted by atomic mass is 10.2. The first kappa shape index (κ1) is 11.4. The minimum atomic E-state index is -0.471. The number of hydrogen-bond donors (Lipinski definition) is 1. The van der Waals surface area contributed by atoms with E-state index in [1.165, 1.54) is 0 Å². The molecular weight excluding hydrogens is 252 g/mol. The third kappa shape index (κ3) is 1.53. The molecule has 5 nitrogen and oxygen atoms in total. The summed E-state index contributed by atoms with van der Waals surface area (Å²) in [6, 6.07) is 13.2. The van der Waals surface area contributed by atoms with Gasteiger partial charge in [0.05, 0.1) is 11.2 Å². The van der Waals surface area contributed by atoms with Gasteiger partial charge in [0, 0.05) is 6.20 Å². The Morgan fingerprint density at radius 1 is 1.10 bits per heavy atom. The van der Waals surface area contributed by atoms with E-state index in [9.17, 15) is 4.79 Å². The lowest BCUT2D eigenvalue weighted by Gasteiger charge is -2.17. The molecule has 20 heavy (non-hydrogen) atoms. The van der Waals surface area contributed by atoms with Gasteiger partial charge in [0.15, 0.2) is 0 Å². The van der Waals surface area contributed by atoms with Crippen LogP contribution >= 0.6 is 0 Å². The topological polar surface area (TPSA) is 65.3 Å². The number of fused-ring (bicyclic) bond motifs is 1. The quantitative estimate of drug-likeness (QED) is 0.763. The van der Waals surface area contributed by atoms with Crippen LogP contribution in [0.2, 0.25) is 0 Å². The van der Waals surface area contributed by atoms with Gasteiger partial charge in [-0.1, -0.05) is 18.2 Å². The van der Waals surface area contributed by atoms with E-state index in [4.69, 9.17) is 5.73 Å². The van der Waals surface area contributed by atoms with E-state index >= 15 is 0 Å². The molecule has 0 radical (unpaired) electrons. The zero-order valence-corrected chi connectivity index (χ0v) is 10.9. The minimum absolute atomic E-state index is 0.127. The molecule has 0 unspecified atom stereocenters. The number of benzene rings is 1. The fraction of sp³-hybridized carbons (Fsp3) is 0.200. The zero-order valence-electron chi connectivity index (χ0n) is 10.9. The molecular formula is C15H14N4O. The van der Waals surface area contributed by atoms with Gasteiger partial charge in [0.25, 0.3) is 0 Å². The van der Waals surface area contributed by atoms with E-state index in [0.29, 0.717) is 11.5 Å². The van der Waals surface area contributed by atoms with Crippen LogP contribution in [0.15, 0.2) is 53.5 Å². The SMILES string of the molecule is NC1(c2nc3cccn3c(=O)n2-c2ccccc2)CC1. The summed E-state index contributed by atoms with van der Waals surface area (Å²) in [4.78, 5) is 17.3. The first-order valence-corrected chi connectivity index (χ1v) is 6.64. The summed E-state index contributed by atoms with van der Waals surface area (Å²) in [5.41, 5.74) is 7.15. The highest BCUT2D eigenvalue weighted by atomic mass is 16.1. The van der Waals surface area contributed by atoms with E-state index in [-0.39, 0.29) is 5.69 Å². The molecule has 1 saturated carbocycles. The molecule has 1 aliphatic carbocycles. The summed E-state index contributed by atoms with van der Waals surface area (Å²) in [6.07, 6.45) is 3.45. The number of hydrogen-bond acceptors (Lipinski definition) is 3. The van der Waals surface area contributed by atoms with Gasteiger partial charge in [0.2, 0.25) is 0 Å². The Morgan fingerprint density at radius 2 is 1.85 bits per heavy atom. The van der Waals surface area contributed by atoms with Crippen molar-refractivity contribution >= 4 is 5.65 Å². The number of nitrogens with zero attached hydrogens (tertiary/aromatic N) is 3. The van der Waals surface area contributed by atoms with Crippen molar-refractivity contribution in [3.05, 3.63) is 65.0 Å². The minimum Gasteiger partial charge on any atom is -0.319 e. The molecule has 4 rings (SSSR count). The highest BCUT2D eigenvalue weighted by molar-refractivity contribution is 5.43. The van der Waals surface area contributed by atoms with Gasteiger partial charge in [-0.2, -0.15) is 0 Å². The van der Waals surface area contributed by atoms with Crippen LogP contribution in [0, 0.1) is 0 Å². The van der Waals surface area contributed by atoms with Gasteiger partial charge in [-0.05, 0) is 37.1 Å². The molecule has 1 aliphatic rings. The van der Waals surface area contributed by atoms with Crippen LogP contribution in [-0.4, -0.2) is 14.0 Å². The molecule has 0 spiro atoms. The van der Waals surface area contributed by atoms with Gasteiger partial charge in [-0.25, -0.2) is 14.3 Å². The summed E-state index contributed by atoms with van der Waals surface area (Å²) in [5.74, 6) is 0.653. The lowest BCUT2D eigenvalue weighted by molar-refractivity contribution is 0.618. The second kappa shape index (κ2) is 3.80. The molecule has 2 N–H and O–H groups in total. The Hall–Kier alpha value is -2.40. The molecule has 1 aromatic carbocycles. The molecule has 1 fully saturated rings. The number of nitrogens with two attached hydrogens (primary N) is 1. The standard InChI is InChI=1S/C15H14N4O/c16-15(8-9-15)13-17-12-7-4-10-18(12)14(20)19(13)11-5-2-1-3-6-11/h1-7,10H,8-9,16H2. The van der Waals surface area contributed by atoms with Crippen LogP contribution in [0.3, 0.4) is 0 Å². The Balaban J connectivity index is 2.11. The normalized spacial score (nSPS) is 16.4. The van der Waals surface area contributed by atoms with E-state index in [1.807, 2.05) is 42.5 Å². The van der Waals surface area contributed by atoms with Gasteiger partial charge >= 0.3 is 5.69 Å². The molecule has 2 heterocycles. The maximum atomic E-state index is 12.7. The fourth-order valence-corrected chi connectivity index (χ4v) is 2.48. The molecule has 0 saturated heterocycles. The van der Waals surface area contributed by atoms with E-state index in [2.05, 4.69) is 4.98 Å². The van der Waals surface area contributed by atoms with Crippen molar-refractivity contribution in [3.8, 4) is 5.69 Å². The summed E-state index contributed by atoms with van der Waals surface area (Å²) >= 11 is 0. The van der Waals surface area contributed by atoms with E-state index in [0.717, 1.165) is 18.5 Å². The summed E-state index contributed by atoms with van der Waals surface area (Å²) in [6.45, 7) is 0. The van der Waals surface area contributed by atoms with Gasteiger partial charge < -0.3 is 5.73 Å². The van der Waals surface area contributed by atoms with Gasteiger partial charge in [-0.3, -0.25) is 4.40 Å². The Labute approximate surface area is 115 Å². The average molecular weight is 266 g/mol. The van der Waals surface area contributed by atoms with Crippen LogP contribution in [0.1, 0.15) is 18.7 Å². The Kier molecular flexibility index (Phi) is 2.17. The number of aromatic nitrogens is 3. The van der Waals surface area contributed by atoms with Crippen molar-refractivity contribution in [1.82, 2.24) is 14.0 Å². The van der Waals surface area contributed by atoms with Crippen LogP contribution in [0.25, 0.3) is 11.3 Å². The van der Waals surface area contributed by atoms with Crippen molar-refractivity contribution in [2.24, 2.45) is 5.73 Å². The third-order valence-corrected chi connectivity index (χ3v) is 3.81. The predicted octanol–water partition coefficient (Wildman–Crippen LogP) is 1.43. The largest absolute Gasteiger partial charge is 0.339 e. The highest BCUT2D eigenvalue weighted by Crippen LogP contribution is 2.41. The number of rotatable bonds is 2. The van der Waals surface area contributed by atoms with Crippen LogP contribution in [0.5, 0.6) is 0 Å². The van der Waals surface area contributed by atoms with E-state index < -0.39 is 5.54 Å². The Morgan fingerprint density at radius 3 is 2.55 bits per heavy atom. The third-order valence-electron chi connectivity index (χ3n) is 3.81. The molecule has 0 amide bonds. The van der Waals surface area contributed by atoms with Crippen molar-refractivity contribution in [3.63, 3.8) is 0 Å². The lowest BCUT2D eigenvalue weighted by Crippen LogP contribution is -2.35. The van der Waals surface area contributed by atoms with Crippen molar-refractivity contribution in [2.45, 2.75) is 18.4 Å². The molecule has 5 heteroatoms. The highest BCUT2D eigenvalue weighted by Gasteiger charge is 2.44. The maximum absolute atomic E-state index is 12.7. The average Bonchev–Trinajstić information content (AvgIpc) is 3.03. The van der Waals surface area contributed by atoms with Gasteiger partial charge in [0.1, 0.15) is 11.5 Å². The van der Waals surface area contributed by atoms with Crippen LogP contribution < -0.4 is 11.4 Å². The fourth-order valence-electron chi connectivity index (χ4n) is 2.48. The zero-order chi connectivity index (χ0) is 13.7. The molecule has 3 aromatic rings. The second-order valence-corrected chi connectivity index (χ2v) is 5.28. The number of para-hydroxylation sites is 1. The summed E-state index contributed by atoms with van der Waals surface area (Å²) in [7, 11) is 0. The first-order chi connectivity index (χ1) is 9.69. The predicted molar refractivity (Wildman–Crippen MR) is 75.9 cm³/mol. The molecule has 0 atom stereocenters. The summed E-state index contributed by atoms with van der Waals surface area (Å²) in [5, 5.41) is 0. The second-order valence-electron chi connectivity index (χ2n) is 5.28. The molecule has 2 aromatic heterocycles. The molecule has 100 valence electrons.